The summed E-state index contributed by atoms with van der Waals surface area (Å²) >= 11 is 5.58. The molecule has 0 saturated carbocycles. The lowest BCUT2D eigenvalue weighted by molar-refractivity contribution is -0.143. The van der Waals surface area contributed by atoms with Crippen molar-refractivity contribution in [1.82, 2.24) is 35.3 Å². The number of carbonyl (C=O) groups excluding carboxylic acids is 2. The molecule has 29 heavy (non-hydrogen) atoms. The number of nitrogens with zero attached hydrogens (tertiary/aromatic N) is 6. The highest BCUT2D eigenvalue weighted by Gasteiger charge is 2.42. The quantitative estimate of drug-likeness (QED) is 0.520. The lowest BCUT2D eigenvalue weighted by Crippen LogP contribution is -2.51. The summed E-state index contributed by atoms with van der Waals surface area (Å²) in [6.07, 6.45) is 4.37. The minimum Gasteiger partial charge on any atom is -0.467 e. The number of aromatic nitrogens is 4. The van der Waals surface area contributed by atoms with Gasteiger partial charge in [0.15, 0.2) is 5.11 Å². The molecule has 0 aromatic carbocycles. The summed E-state index contributed by atoms with van der Waals surface area (Å²) in [7, 11) is 1.39. The Morgan fingerprint density at radius 1 is 1.21 bits per heavy atom. The van der Waals surface area contributed by atoms with E-state index in [0.717, 1.165) is 45.4 Å². The Kier molecular flexibility index (Phi) is 6.66. The van der Waals surface area contributed by atoms with Gasteiger partial charge in [-0.2, -0.15) is 0 Å². The molecule has 1 spiro atoms. The fourth-order valence-electron chi connectivity index (χ4n) is 4.09. The van der Waals surface area contributed by atoms with E-state index in [1.807, 2.05) is 18.7 Å². The summed E-state index contributed by atoms with van der Waals surface area (Å²) in [5.41, 5.74) is 0.163. The van der Waals surface area contributed by atoms with Crippen LogP contribution in [0.4, 0.5) is 0 Å². The average molecular weight is 424 g/mol. The van der Waals surface area contributed by atoms with Crippen molar-refractivity contribution in [2.45, 2.75) is 45.7 Å². The Morgan fingerprint density at radius 2 is 1.86 bits per heavy atom. The van der Waals surface area contributed by atoms with Crippen LogP contribution in [0, 0.1) is 11.3 Å². The number of hydrogen-bond acceptors (Lipinski definition) is 7. The van der Waals surface area contributed by atoms with E-state index in [4.69, 9.17) is 17.0 Å². The highest BCUT2D eigenvalue weighted by molar-refractivity contribution is 7.80. The third-order valence-electron chi connectivity index (χ3n) is 5.99. The number of carbonyl (C=O) groups is 2. The second kappa shape index (κ2) is 9.02. The van der Waals surface area contributed by atoms with Crippen LogP contribution >= 0.6 is 12.2 Å². The topological polar surface area (TPSA) is 105 Å². The molecule has 3 heterocycles. The second-order valence-electron chi connectivity index (χ2n) is 8.25. The molecular weight excluding hydrogens is 394 g/mol. The van der Waals surface area contributed by atoms with E-state index in [-0.39, 0.29) is 29.8 Å². The number of thiocarbonyl (C=S) groups is 1. The van der Waals surface area contributed by atoms with Gasteiger partial charge in [0.05, 0.1) is 7.11 Å². The summed E-state index contributed by atoms with van der Waals surface area (Å²) in [6.45, 7) is 7.26. The highest BCUT2D eigenvalue weighted by atomic mass is 32.1. The molecule has 1 amide bonds. The maximum atomic E-state index is 12.4. The van der Waals surface area contributed by atoms with E-state index >= 15 is 0 Å². The summed E-state index contributed by atoms with van der Waals surface area (Å²) in [5.74, 6) is -0.186. The molecule has 1 aromatic heterocycles. The van der Waals surface area contributed by atoms with Crippen molar-refractivity contribution in [2.75, 3.05) is 33.3 Å². The number of rotatable bonds is 5. The van der Waals surface area contributed by atoms with Gasteiger partial charge in [-0.05, 0) is 53.2 Å². The molecule has 160 valence electrons. The number of likely N-dealkylation sites (tertiary alicyclic amines) is 2. The van der Waals surface area contributed by atoms with Crippen LogP contribution in [0.3, 0.4) is 0 Å². The van der Waals surface area contributed by atoms with Crippen LogP contribution in [0.1, 0.15) is 33.1 Å². The van der Waals surface area contributed by atoms with Crippen LogP contribution in [0.5, 0.6) is 0 Å². The molecule has 10 nitrogen and oxygen atoms in total. The maximum Gasteiger partial charge on any atom is 0.328 e. The van der Waals surface area contributed by atoms with Gasteiger partial charge in [0.1, 0.15) is 18.9 Å². The molecule has 2 aliphatic rings. The predicted octanol–water partition coefficient (Wildman–Crippen LogP) is 0.0597. The van der Waals surface area contributed by atoms with Gasteiger partial charge in [0.2, 0.25) is 5.91 Å². The largest absolute Gasteiger partial charge is 0.467 e. The number of methoxy groups -OCH3 is 1. The van der Waals surface area contributed by atoms with Gasteiger partial charge in [-0.1, -0.05) is 13.8 Å². The molecule has 0 aliphatic carbocycles. The van der Waals surface area contributed by atoms with Crippen LogP contribution in [0.15, 0.2) is 6.33 Å². The van der Waals surface area contributed by atoms with Crippen LogP contribution in [-0.4, -0.2) is 86.3 Å². The predicted molar refractivity (Wildman–Crippen MR) is 109 cm³/mol. The first-order valence-corrected chi connectivity index (χ1v) is 10.4. The third-order valence-corrected chi connectivity index (χ3v) is 6.37. The van der Waals surface area contributed by atoms with E-state index in [0.29, 0.717) is 5.11 Å². The first kappa shape index (κ1) is 21.4. The lowest BCUT2D eigenvalue weighted by Gasteiger charge is -2.39. The number of ether oxygens (including phenoxy) is 1. The Hall–Kier alpha value is -2.30. The molecule has 1 unspecified atom stereocenters. The molecular formula is C18H29N7O3S. The Bertz CT molecular complexity index is 732. The van der Waals surface area contributed by atoms with Gasteiger partial charge in [0, 0.05) is 26.2 Å². The Morgan fingerprint density at radius 3 is 2.41 bits per heavy atom. The van der Waals surface area contributed by atoms with Crippen molar-refractivity contribution in [3.63, 3.8) is 0 Å². The SMILES string of the molecule is COC(=O)C(NC(=S)N1CCC2(CCN(C(=O)Cn3cnnn3)CC2)C1)C(C)C. The zero-order chi connectivity index (χ0) is 21.0. The number of amides is 1. The molecule has 0 radical (unpaired) electrons. The zero-order valence-electron chi connectivity index (χ0n) is 17.2. The van der Waals surface area contributed by atoms with Crippen molar-refractivity contribution in [3.05, 3.63) is 6.33 Å². The van der Waals surface area contributed by atoms with Crippen LogP contribution in [0.25, 0.3) is 0 Å². The summed E-state index contributed by atoms with van der Waals surface area (Å²) < 4.78 is 6.33. The van der Waals surface area contributed by atoms with Crippen molar-refractivity contribution in [1.29, 1.82) is 0 Å². The molecule has 2 aliphatic heterocycles. The van der Waals surface area contributed by atoms with Gasteiger partial charge < -0.3 is 19.9 Å². The average Bonchev–Trinajstić information content (AvgIpc) is 3.36. The first-order valence-electron chi connectivity index (χ1n) is 9.95. The fourth-order valence-corrected chi connectivity index (χ4v) is 4.37. The first-order chi connectivity index (χ1) is 13.8. The van der Waals surface area contributed by atoms with E-state index in [9.17, 15) is 9.59 Å². The van der Waals surface area contributed by atoms with E-state index in [2.05, 4.69) is 25.7 Å². The van der Waals surface area contributed by atoms with Gasteiger partial charge >= 0.3 is 5.97 Å². The van der Waals surface area contributed by atoms with Crippen LogP contribution in [0.2, 0.25) is 0 Å². The number of nitrogens with one attached hydrogen (secondary N) is 1. The van der Waals surface area contributed by atoms with Gasteiger partial charge in [-0.25, -0.2) is 9.48 Å². The van der Waals surface area contributed by atoms with E-state index in [1.54, 1.807) is 0 Å². The molecule has 2 fully saturated rings. The monoisotopic (exact) mass is 423 g/mol. The van der Waals surface area contributed by atoms with E-state index < -0.39 is 6.04 Å². The second-order valence-corrected chi connectivity index (χ2v) is 8.64. The normalized spacial score (nSPS) is 19.4. The van der Waals surface area contributed by atoms with Crippen molar-refractivity contribution in [3.8, 4) is 0 Å². The maximum absolute atomic E-state index is 12.4. The fraction of sp³-hybridized carbons (Fsp3) is 0.778. The summed E-state index contributed by atoms with van der Waals surface area (Å²) in [6, 6.07) is -0.449. The van der Waals surface area contributed by atoms with Crippen molar-refractivity contribution >= 4 is 29.2 Å². The van der Waals surface area contributed by atoms with Crippen molar-refractivity contribution in [2.24, 2.45) is 11.3 Å². The van der Waals surface area contributed by atoms with Crippen LogP contribution < -0.4 is 5.32 Å². The van der Waals surface area contributed by atoms with Crippen LogP contribution in [-0.2, 0) is 20.9 Å². The van der Waals surface area contributed by atoms with Gasteiger partial charge in [0.25, 0.3) is 0 Å². The molecule has 1 aromatic rings. The van der Waals surface area contributed by atoms with E-state index in [1.165, 1.54) is 18.1 Å². The molecule has 1 atom stereocenters. The highest BCUT2D eigenvalue weighted by Crippen LogP contribution is 2.40. The standard InChI is InChI=1S/C18H29N7O3S/c1-13(2)15(16(27)28-3)20-17(29)24-9-6-18(11-24)4-7-23(8-5-18)14(26)10-25-12-19-21-22-25/h12-13,15H,4-11H2,1-3H3,(H,20,29). The van der Waals surface area contributed by atoms with Gasteiger partial charge in [-0.15, -0.1) is 5.10 Å². The molecule has 0 bridgehead atoms. The third kappa shape index (κ3) is 5.01. The Labute approximate surface area is 175 Å². The minimum absolute atomic E-state index is 0.0389. The molecule has 2 saturated heterocycles. The number of hydrogen-bond donors (Lipinski definition) is 1. The van der Waals surface area contributed by atoms with Gasteiger partial charge in [-0.3, -0.25) is 4.79 Å². The summed E-state index contributed by atoms with van der Waals surface area (Å²) in [4.78, 5) is 28.5. The summed E-state index contributed by atoms with van der Waals surface area (Å²) in [5, 5.41) is 14.7. The number of tetrazole rings is 1. The smallest absolute Gasteiger partial charge is 0.328 e. The molecule has 1 N–H and O–H groups in total. The number of piperidine rings is 1. The number of esters is 1. The molecule has 3 rings (SSSR count). The van der Waals surface area contributed by atoms with Crippen molar-refractivity contribution < 1.29 is 14.3 Å². The molecule has 11 heteroatoms. The Balaban J connectivity index is 1.51. The lowest BCUT2D eigenvalue weighted by atomic mass is 9.78. The minimum atomic E-state index is -0.449. The zero-order valence-corrected chi connectivity index (χ0v) is 18.0.